The Balaban J connectivity index is 2.09. The van der Waals surface area contributed by atoms with Crippen LogP contribution in [0.1, 0.15) is 32.3 Å². The number of likely N-dealkylation sites (tertiary alicyclic amines) is 1. The van der Waals surface area contributed by atoms with Crippen LogP contribution in [0.15, 0.2) is 18.2 Å². The number of benzene rings is 1. The molecule has 94 valence electrons. The van der Waals surface area contributed by atoms with E-state index in [9.17, 15) is 4.39 Å². The van der Waals surface area contributed by atoms with Crippen molar-refractivity contribution in [1.82, 2.24) is 4.90 Å². The van der Waals surface area contributed by atoms with Gasteiger partial charge in [-0.05, 0) is 37.4 Å². The van der Waals surface area contributed by atoms with Gasteiger partial charge in [0, 0.05) is 23.8 Å². The third-order valence-electron chi connectivity index (χ3n) is 3.63. The first-order chi connectivity index (χ1) is 8.08. The van der Waals surface area contributed by atoms with Crippen LogP contribution in [0.25, 0.3) is 0 Å². The van der Waals surface area contributed by atoms with Crippen LogP contribution >= 0.6 is 0 Å². The van der Waals surface area contributed by atoms with Gasteiger partial charge in [-0.25, -0.2) is 4.39 Å². The van der Waals surface area contributed by atoms with E-state index < -0.39 is 0 Å². The molecule has 1 aliphatic heterocycles. The maximum atomic E-state index is 13.7. The summed E-state index contributed by atoms with van der Waals surface area (Å²) >= 11 is 0. The van der Waals surface area contributed by atoms with Gasteiger partial charge in [0.05, 0.1) is 0 Å². The highest BCUT2D eigenvalue weighted by Gasteiger charge is 2.27. The lowest BCUT2D eigenvalue weighted by molar-refractivity contribution is 0.196. The highest BCUT2D eigenvalue weighted by Crippen LogP contribution is 2.26. The third kappa shape index (κ3) is 2.78. The van der Waals surface area contributed by atoms with Gasteiger partial charge < -0.3 is 5.73 Å². The van der Waals surface area contributed by atoms with E-state index in [-0.39, 0.29) is 5.82 Å². The van der Waals surface area contributed by atoms with Crippen molar-refractivity contribution in [3.63, 3.8) is 0 Å². The standard InChI is InChI=1S/C14H21FN2/c1-10(2)14-4-3-7-17(14)9-11-5-6-12(16)8-13(11)15/h5-6,8,10,14H,3-4,7,9,16H2,1-2H3. The number of hydrogen-bond acceptors (Lipinski definition) is 2. The largest absolute Gasteiger partial charge is 0.399 e. The summed E-state index contributed by atoms with van der Waals surface area (Å²) in [5, 5.41) is 0. The molecule has 2 rings (SSSR count). The fourth-order valence-corrected chi connectivity index (χ4v) is 2.71. The second kappa shape index (κ2) is 5.05. The lowest BCUT2D eigenvalue weighted by Gasteiger charge is -2.27. The number of rotatable bonds is 3. The smallest absolute Gasteiger partial charge is 0.129 e. The van der Waals surface area contributed by atoms with Gasteiger partial charge in [-0.15, -0.1) is 0 Å². The number of anilines is 1. The molecule has 0 aliphatic carbocycles. The summed E-state index contributed by atoms with van der Waals surface area (Å²) in [6.45, 7) is 6.26. The molecule has 0 bridgehead atoms. The van der Waals surface area contributed by atoms with Crippen LogP contribution in [-0.2, 0) is 6.54 Å². The minimum atomic E-state index is -0.181. The molecule has 1 aromatic rings. The Bertz CT molecular complexity index is 390. The molecule has 0 spiro atoms. The van der Waals surface area contributed by atoms with E-state index in [1.807, 2.05) is 0 Å². The molecule has 1 aliphatic rings. The Morgan fingerprint density at radius 1 is 1.47 bits per heavy atom. The van der Waals surface area contributed by atoms with Crippen molar-refractivity contribution in [2.45, 2.75) is 39.3 Å². The fraction of sp³-hybridized carbons (Fsp3) is 0.571. The van der Waals surface area contributed by atoms with Crippen molar-refractivity contribution in [3.8, 4) is 0 Å². The van der Waals surface area contributed by atoms with E-state index in [1.165, 1.54) is 18.9 Å². The normalized spacial score (nSPS) is 21.3. The summed E-state index contributed by atoms with van der Waals surface area (Å²) < 4.78 is 13.7. The highest BCUT2D eigenvalue weighted by molar-refractivity contribution is 5.40. The predicted octanol–water partition coefficient (Wildman–Crippen LogP) is 3.03. The maximum absolute atomic E-state index is 13.7. The average Bonchev–Trinajstić information content (AvgIpc) is 2.70. The summed E-state index contributed by atoms with van der Waals surface area (Å²) in [5.74, 6) is 0.453. The van der Waals surface area contributed by atoms with Crippen LogP contribution in [0.5, 0.6) is 0 Å². The van der Waals surface area contributed by atoms with Gasteiger partial charge in [-0.3, -0.25) is 4.90 Å². The Labute approximate surface area is 103 Å². The first kappa shape index (κ1) is 12.4. The molecule has 2 N–H and O–H groups in total. The lowest BCUT2D eigenvalue weighted by Crippen LogP contribution is -2.33. The van der Waals surface area contributed by atoms with Gasteiger partial charge in [-0.1, -0.05) is 19.9 Å². The molecule has 0 radical (unpaired) electrons. The van der Waals surface area contributed by atoms with Gasteiger partial charge >= 0.3 is 0 Å². The van der Waals surface area contributed by atoms with E-state index in [4.69, 9.17) is 5.73 Å². The molecular formula is C14H21FN2. The Morgan fingerprint density at radius 3 is 2.88 bits per heavy atom. The molecule has 1 aromatic carbocycles. The molecule has 2 nitrogen and oxygen atoms in total. The van der Waals surface area contributed by atoms with Crippen LogP contribution in [0.2, 0.25) is 0 Å². The SMILES string of the molecule is CC(C)C1CCCN1Cc1ccc(N)cc1F. The number of halogens is 1. The summed E-state index contributed by atoms with van der Waals surface area (Å²) in [4.78, 5) is 2.39. The summed E-state index contributed by atoms with van der Waals surface area (Å²) in [6.07, 6.45) is 2.45. The number of hydrogen-bond donors (Lipinski definition) is 1. The Morgan fingerprint density at radius 2 is 2.24 bits per heavy atom. The molecule has 1 unspecified atom stereocenters. The molecule has 0 amide bonds. The third-order valence-corrected chi connectivity index (χ3v) is 3.63. The number of nitrogens with zero attached hydrogens (tertiary/aromatic N) is 1. The van der Waals surface area contributed by atoms with E-state index >= 15 is 0 Å². The summed E-state index contributed by atoms with van der Waals surface area (Å²) in [5.41, 5.74) is 6.81. The van der Waals surface area contributed by atoms with Crippen LogP contribution < -0.4 is 5.73 Å². The van der Waals surface area contributed by atoms with Crippen molar-refractivity contribution in [1.29, 1.82) is 0 Å². The molecule has 0 saturated carbocycles. The molecule has 1 fully saturated rings. The summed E-state index contributed by atoms with van der Waals surface area (Å²) in [7, 11) is 0. The first-order valence-electron chi connectivity index (χ1n) is 6.36. The van der Waals surface area contributed by atoms with Crippen molar-refractivity contribution < 1.29 is 4.39 Å². The molecule has 3 heteroatoms. The maximum Gasteiger partial charge on any atom is 0.129 e. The summed E-state index contributed by atoms with van der Waals surface area (Å²) in [6, 6.07) is 5.58. The van der Waals surface area contributed by atoms with Crippen LogP contribution in [0.3, 0.4) is 0 Å². The second-order valence-corrected chi connectivity index (χ2v) is 5.27. The quantitative estimate of drug-likeness (QED) is 0.817. The van der Waals surface area contributed by atoms with Crippen LogP contribution in [0.4, 0.5) is 10.1 Å². The molecule has 17 heavy (non-hydrogen) atoms. The number of nitrogen functional groups attached to an aromatic ring is 1. The molecular weight excluding hydrogens is 215 g/mol. The topological polar surface area (TPSA) is 29.3 Å². The van der Waals surface area contributed by atoms with E-state index in [2.05, 4.69) is 18.7 Å². The van der Waals surface area contributed by atoms with Gasteiger partial charge in [0.15, 0.2) is 0 Å². The minimum Gasteiger partial charge on any atom is -0.399 e. The first-order valence-corrected chi connectivity index (χ1v) is 6.36. The molecule has 1 atom stereocenters. The van der Waals surface area contributed by atoms with E-state index in [1.54, 1.807) is 12.1 Å². The molecule has 1 heterocycles. The zero-order valence-electron chi connectivity index (χ0n) is 10.6. The fourth-order valence-electron chi connectivity index (χ4n) is 2.71. The molecule has 0 aromatic heterocycles. The predicted molar refractivity (Wildman–Crippen MR) is 69.1 cm³/mol. The highest BCUT2D eigenvalue weighted by atomic mass is 19.1. The van der Waals surface area contributed by atoms with Crippen molar-refractivity contribution >= 4 is 5.69 Å². The van der Waals surface area contributed by atoms with Crippen molar-refractivity contribution in [2.24, 2.45) is 5.92 Å². The number of nitrogens with two attached hydrogens (primary N) is 1. The Hall–Kier alpha value is -1.09. The van der Waals surface area contributed by atoms with Crippen LogP contribution in [-0.4, -0.2) is 17.5 Å². The average molecular weight is 236 g/mol. The lowest BCUT2D eigenvalue weighted by atomic mass is 10.0. The second-order valence-electron chi connectivity index (χ2n) is 5.27. The van der Waals surface area contributed by atoms with Crippen molar-refractivity contribution in [2.75, 3.05) is 12.3 Å². The Kier molecular flexibility index (Phi) is 3.67. The zero-order valence-corrected chi connectivity index (χ0v) is 10.6. The van der Waals surface area contributed by atoms with E-state index in [0.29, 0.717) is 24.2 Å². The van der Waals surface area contributed by atoms with Gasteiger partial charge in [0.2, 0.25) is 0 Å². The molecule has 1 saturated heterocycles. The van der Waals surface area contributed by atoms with Gasteiger partial charge in [0.25, 0.3) is 0 Å². The van der Waals surface area contributed by atoms with E-state index in [0.717, 1.165) is 12.1 Å². The van der Waals surface area contributed by atoms with Gasteiger partial charge in [-0.2, -0.15) is 0 Å². The minimum absolute atomic E-state index is 0.181. The van der Waals surface area contributed by atoms with Crippen molar-refractivity contribution in [3.05, 3.63) is 29.6 Å². The zero-order chi connectivity index (χ0) is 12.4. The van der Waals surface area contributed by atoms with Gasteiger partial charge in [0.1, 0.15) is 5.82 Å². The van der Waals surface area contributed by atoms with Crippen LogP contribution in [0, 0.1) is 11.7 Å². The monoisotopic (exact) mass is 236 g/mol.